The molecule has 0 aliphatic heterocycles. The van der Waals surface area contributed by atoms with Crippen LogP contribution in [0, 0.1) is 6.92 Å². The summed E-state index contributed by atoms with van der Waals surface area (Å²) >= 11 is 14.5. The van der Waals surface area contributed by atoms with Crippen molar-refractivity contribution in [1.82, 2.24) is 5.32 Å². The van der Waals surface area contributed by atoms with E-state index in [0.717, 1.165) is 41.7 Å². The van der Waals surface area contributed by atoms with Gasteiger partial charge < -0.3 is 5.32 Å². The van der Waals surface area contributed by atoms with Crippen molar-refractivity contribution in [2.45, 2.75) is 57.5 Å². The lowest BCUT2D eigenvalue weighted by Crippen LogP contribution is -2.48. The molecule has 1 aliphatic rings. The Kier molecular flexibility index (Phi) is 8.30. The van der Waals surface area contributed by atoms with E-state index in [-0.39, 0.29) is 29.3 Å². The number of amides is 2. The second-order valence-corrected chi connectivity index (χ2v) is 10.5. The Bertz CT molecular complexity index is 1140. The first-order valence-corrected chi connectivity index (χ1v) is 13.2. The van der Waals surface area contributed by atoms with Gasteiger partial charge in [0.05, 0.1) is 22.2 Å². The van der Waals surface area contributed by atoms with E-state index in [1.807, 2.05) is 48.7 Å². The smallest absolute Gasteiger partial charge is 0.248 e. The first-order valence-electron chi connectivity index (χ1n) is 11.6. The van der Waals surface area contributed by atoms with Crippen molar-refractivity contribution in [2.24, 2.45) is 0 Å². The van der Waals surface area contributed by atoms with Crippen LogP contribution < -0.4 is 10.2 Å². The standard InChI is InChI=1S/C27H28Cl2N2O2S/c1-18-9-5-6-13-21(18)26(27(33)30-19-10-3-2-4-11-19)31(23-15-7-14-22(28)25(23)29)24(32)17-20-12-8-16-34-20/h5-9,12-16,19,26H,2-4,10-11,17H2,1H3,(H,30,33). The fraction of sp³-hybridized carbons (Fsp3) is 0.333. The van der Waals surface area contributed by atoms with Crippen LogP contribution in [0.2, 0.25) is 10.0 Å². The van der Waals surface area contributed by atoms with Gasteiger partial charge in [-0.2, -0.15) is 0 Å². The summed E-state index contributed by atoms with van der Waals surface area (Å²) in [5.41, 5.74) is 2.13. The number of carbonyl (C=O) groups is 2. The molecule has 0 spiro atoms. The van der Waals surface area contributed by atoms with Gasteiger partial charge in [0, 0.05) is 10.9 Å². The van der Waals surface area contributed by atoms with E-state index in [4.69, 9.17) is 23.2 Å². The predicted octanol–water partition coefficient (Wildman–Crippen LogP) is 7.13. The number of hydrogen-bond acceptors (Lipinski definition) is 3. The Morgan fingerprint density at radius 2 is 1.79 bits per heavy atom. The van der Waals surface area contributed by atoms with Crippen LogP contribution in [-0.4, -0.2) is 17.9 Å². The summed E-state index contributed by atoms with van der Waals surface area (Å²) in [4.78, 5) is 30.2. The maximum Gasteiger partial charge on any atom is 0.248 e. The number of rotatable bonds is 7. The molecule has 1 aromatic heterocycles. The van der Waals surface area contributed by atoms with Crippen molar-refractivity contribution in [3.8, 4) is 0 Å². The van der Waals surface area contributed by atoms with Crippen molar-refractivity contribution in [1.29, 1.82) is 0 Å². The van der Waals surface area contributed by atoms with E-state index >= 15 is 0 Å². The van der Waals surface area contributed by atoms with Crippen LogP contribution in [0.3, 0.4) is 0 Å². The average molecular weight is 516 g/mol. The van der Waals surface area contributed by atoms with Crippen LogP contribution in [0.15, 0.2) is 60.0 Å². The molecule has 4 nitrogen and oxygen atoms in total. The number of nitrogens with zero attached hydrogens (tertiary/aromatic N) is 1. The molecule has 0 saturated heterocycles. The number of benzene rings is 2. The van der Waals surface area contributed by atoms with Gasteiger partial charge in [-0.3, -0.25) is 14.5 Å². The summed E-state index contributed by atoms with van der Waals surface area (Å²) in [7, 11) is 0. The van der Waals surface area contributed by atoms with Crippen molar-refractivity contribution >= 4 is 52.0 Å². The second kappa shape index (κ2) is 11.4. The van der Waals surface area contributed by atoms with Crippen LogP contribution in [-0.2, 0) is 16.0 Å². The van der Waals surface area contributed by atoms with Gasteiger partial charge in [-0.15, -0.1) is 11.3 Å². The molecule has 0 radical (unpaired) electrons. The zero-order valence-electron chi connectivity index (χ0n) is 19.1. The Balaban J connectivity index is 1.80. The summed E-state index contributed by atoms with van der Waals surface area (Å²) in [6, 6.07) is 15.9. The molecule has 1 atom stereocenters. The van der Waals surface area contributed by atoms with Gasteiger partial charge in [-0.25, -0.2) is 0 Å². The molecule has 3 aromatic rings. The highest BCUT2D eigenvalue weighted by Crippen LogP contribution is 2.38. The molecule has 34 heavy (non-hydrogen) atoms. The van der Waals surface area contributed by atoms with E-state index in [9.17, 15) is 9.59 Å². The monoisotopic (exact) mass is 514 g/mol. The number of halogens is 2. The second-order valence-electron chi connectivity index (χ2n) is 8.70. The third-order valence-electron chi connectivity index (χ3n) is 6.31. The summed E-state index contributed by atoms with van der Waals surface area (Å²) in [5, 5.41) is 5.77. The van der Waals surface area contributed by atoms with Crippen molar-refractivity contribution in [3.63, 3.8) is 0 Å². The van der Waals surface area contributed by atoms with E-state index in [2.05, 4.69) is 5.32 Å². The van der Waals surface area contributed by atoms with Crippen molar-refractivity contribution in [3.05, 3.63) is 86.0 Å². The molecule has 7 heteroatoms. The van der Waals surface area contributed by atoms with Gasteiger partial charge in [-0.05, 0) is 54.5 Å². The quantitative estimate of drug-likeness (QED) is 0.364. The SMILES string of the molecule is Cc1ccccc1C(C(=O)NC1CCCCC1)N(C(=O)Cc1cccs1)c1cccc(Cl)c1Cl. The van der Waals surface area contributed by atoms with Crippen molar-refractivity contribution < 1.29 is 9.59 Å². The van der Waals surface area contributed by atoms with Gasteiger partial charge >= 0.3 is 0 Å². The Labute approximate surface area is 214 Å². The zero-order chi connectivity index (χ0) is 24.1. The summed E-state index contributed by atoms with van der Waals surface area (Å²) in [6.45, 7) is 1.96. The highest BCUT2D eigenvalue weighted by atomic mass is 35.5. The van der Waals surface area contributed by atoms with Gasteiger partial charge in [-0.1, -0.05) is 78.9 Å². The first-order chi connectivity index (χ1) is 16.5. The molecule has 2 amide bonds. The molecule has 1 saturated carbocycles. The number of carbonyl (C=O) groups excluding carboxylic acids is 2. The molecule has 178 valence electrons. The first kappa shape index (κ1) is 24.8. The van der Waals surface area contributed by atoms with Crippen LogP contribution in [0.25, 0.3) is 0 Å². The minimum Gasteiger partial charge on any atom is -0.351 e. The highest BCUT2D eigenvalue weighted by Gasteiger charge is 2.36. The van der Waals surface area contributed by atoms with Gasteiger partial charge in [0.25, 0.3) is 0 Å². The molecule has 2 aromatic carbocycles. The van der Waals surface area contributed by atoms with Crippen LogP contribution in [0.1, 0.15) is 54.1 Å². The Morgan fingerprint density at radius 1 is 1.03 bits per heavy atom. The normalized spacial score (nSPS) is 15.0. The summed E-state index contributed by atoms with van der Waals surface area (Å²) in [6.07, 6.45) is 5.46. The minimum atomic E-state index is -0.869. The number of anilines is 1. The predicted molar refractivity (Wildman–Crippen MR) is 141 cm³/mol. The Morgan fingerprint density at radius 3 is 2.50 bits per heavy atom. The lowest BCUT2D eigenvalue weighted by atomic mass is 9.93. The Hall–Kier alpha value is -2.34. The van der Waals surface area contributed by atoms with E-state index in [0.29, 0.717) is 10.7 Å². The maximum absolute atomic E-state index is 13.9. The number of nitrogens with one attached hydrogen (secondary N) is 1. The molecule has 1 N–H and O–H groups in total. The fourth-order valence-electron chi connectivity index (χ4n) is 4.56. The van der Waals surface area contributed by atoms with Crippen LogP contribution >= 0.6 is 34.5 Å². The maximum atomic E-state index is 13.9. The van der Waals surface area contributed by atoms with Gasteiger partial charge in [0.2, 0.25) is 11.8 Å². The molecule has 1 aliphatic carbocycles. The van der Waals surface area contributed by atoms with Crippen LogP contribution in [0.4, 0.5) is 5.69 Å². The third-order valence-corrected chi connectivity index (χ3v) is 7.99. The molecule has 1 unspecified atom stereocenters. The molecule has 0 bridgehead atoms. The van der Waals surface area contributed by atoms with Crippen molar-refractivity contribution in [2.75, 3.05) is 4.90 Å². The molecular formula is C27H28Cl2N2O2S. The molecule has 1 heterocycles. The van der Waals surface area contributed by atoms with E-state index < -0.39 is 6.04 Å². The average Bonchev–Trinajstić information content (AvgIpc) is 3.34. The number of aryl methyl sites for hydroxylation is 1. The largest absolute Gasteiger partial charge is 0.351 e. The minimum absolute atomic E-state index is 0.108. The van der Waals surface area contributed by atoms with Crippen LogP contribution in [0.5, 0.6) is 0 Å². The van der Waals surface area contributed by atoms with Gasteiger partial charge in [0.1, 0.15) is 6.04 Å². The van der Waals surface area contributed by atoms with E-state index in [1.165, 1.54) is 22.7 Å². The third kappa shape index (κ3) is 5.65. The summed E-state index contributed by atoms with van der Waals surface area (Å²) in [5.74, 6) is -0.407. The topological polar surface area (TPSA) is 49.4 Å². The van der Waals surface area contributed by atoms with E-state index in [1.54, 1.807) is 18.2 Å². The molecule has 4 rings (SSSR count). The fourth-order valence-corrected chi connectivity index (χ4v) is 5.64. The highest BCUT2D eigenvalue weighted by molar-refractivity contribution is 7.10. The zero-order valence-corrected chi connectivity index (χ0v) is 21.4. The molecular weight excluding hydrogens is 487 g/mol. The number of hydrogen-bond donors (Lipinski definition) is 1. The lowest BCUT2D eigenvalue weighted by Gasteiger charge is -2.34. The summed E-state index contributed by atoms with van der Waals surface area (Å²) < 4.78 is 0. The number of thiophene rings is 1. The van der Waals surface area contributed by atoms with Gasteiger partial charge in [0.15, 0.2) is 0 Å². The molecule has 1 fully saturated rings. The lowest BCUT2D eigenvalue weighted by molar-refractivity contribution is -0.127.